The first-order valence-corrected chi connectivity index (χ1v) is 26.5. The number of fused-ring (bicyclic) bond motifs is 1. The Hall–Kier alpha value is -4.74. The number of benzene rings is 3. The van der Waals surface area contributed by atoms with E-state index in [9.17, 15) is 9.59 Å². The van der Waals surface area contributed by atoms with E-state index in [0.29, 0.717) is 29.9 Å². The van der Waals surface area contributed by atoms with Crippen LogP contribution in [-0.4, -0.2) is 73.1 Å². The molecular formula is C46H61N5O7Si2. The minimum Gasteiger partial charge on any atom is -0.459 e. The van der Waals surface area contributed by atoms with Gasteiger partial charge in [-0.2, -0.15) is 0 Å². The maximum Gasteiger partial charge on any atom is 0.408 e. The van der Waals surface area contributed by atoms with Crippen molar-refractivity contribution in [2.45, 2.75) is 128 Å². The van der Waals surface area contributed by atoms with Crippen molar-refractivity contribution in [2.75, 3.05) is 6.61 Å². The van der Waals surface area contributed by atoms with Crippen LogP contribution in [0, 0.1) is 0 Å². The van der Waals surface area contributed by atoms with Crippen LogP contribution in [0.2, 0.25) is 36.3 Å². The number of hydrogen-bond acceptors (Lipinski definition) is 10. The van der Waals surface area contributed by atoms with Crippen molar-refractivity contribution in [1.82, 2.24) is 24.8 Å². The molecule has 0 radical (unpaired) electrons. The van der Waals surface area contributed by atoms with Crippen LogP contribution in [-0.2, 0) is 47.5 Å². The Morgan fingerprint density at radius 2 is 1.38 bits per heavy atom. The Bertz CT molecular complexity index is 2200. The predicted molar refractivity (Wildman–Crippen MR) is 238 cm³/mol. The molecule has 2 aromatic heterocycles. The average Bonchev–Trinajstić information content (AvgIpc) is 3.82. The molecule has 1 aliphatic heterocycles. The zero-order valence-corrected chi connectivity index (χ0v) is 38.7. The normalized spacial score (nSPS) is 18.0. The maximum atomic E-state index is 13.4. The third-order valence-corrected chi connectivity index (χ3v) is 21.2. The van der Waals surface area contributed by atoms with E-state index in [1.165, 1.54) is 0 Å². The van der Waals surface area contributed by atoms with Crippen LogP contribution in [0.1, 0.15) is 70.9 Å². The monoisotopic (exact) mass is 851 g/mol. The lowest BCUT2D eigenvalue weighted by Gasteiger charge is -2.40. The van der Waals surface area contributed by atoms with E-state index in [1.54, 1.807) is 12.7 Å². The summed E-state index contributed by atoms with van der Waals surface area (Å²) < 4.78 is 33.6. The molecule has 6 rings (SSSR count). The molecule has 1 fully saturated rings. The largest absolute Gasteiger partial charge is 0.459 e. The van der Waals surface area contributed by atoms with Crippen LogP contribution < -0.4 is 5.32 Å². The minimum absolute atomic E-state index is 0.0345. The Morgan fingerprint density at radius 1 is 0.783 bits per heavy atom. The minimum atomic E-state index is -2.14. The first-order chi connectivity index (χ1) is 28.3. The average molecular weight is 852 g/mol. The summed E-state index contributed by atoms with van der Waals surface area (Å²) in [6, 6.07) is 25.4. The lowest BCUT2D eigenvalue weighted by Crippen LogP contribution is -2.48. The lowest BCUT2D eigenvalue weighted by atomic mass is 10.0. The van der Waals surface area contributed by atoms with Crippen LogP contribution >= 0.6 is 0 Å². The van der Waals surface area contributed by atoms with E-state index in [0.717, 1.165) is 22.3 Å². The second kappa shape index (κ2) is 18.5. The van der Waals surface area contributed by atoms with Gasteiger partial charge >= 0.3 is 12.1 Å². The number of esters is 1. The molecule has 0 spiro atoms. The second-order valence-electron chi connectivity index (χ2n) is 18.7. The number of alkyl carbamates (subject to hydrolysis) is 1. The molecule has 0 unspecified atom stereocenters. The maximum absolute atomic E-state index is 13.4. The fourth-order valence-corrected chi connectivity index (χ4v) is 8.82. The number of carbonyl (C=O) groups is 2. The Morgan fingerprint density at radius 3 is 1.98 bits per heavy atom. The van der Waals surface area contributed by atoms with Gasteiger partial charge in [0, 0.05) is 18.4 Å². The van der Waals surface area contributed by atoms with Gasteiger partial charge in [0.2, 0.25) is 0 Å². The molecular weight excluding hydrogens is 791 g/mol. The number of aromatic nitrogens is 4. The van der Waals surface area contributed by atoms with E-state index >= 15 is 0 Å². The quantitative estimate of drug-likeness (QED) is 0.0801. The molecule has 5 aromatic rings. The van der Waals surface area contributed by atoms with Crippen molar-refractivity contribution in [3.8, 4) is 11.3 Å². The fraction of sp³-hybridized carbons (Fsp3) is 0.457. The van der Waals surface area contributed by atoms with Gasteiger partial charge in [0.1, 0.15) is 49.1 Å². The summed E-state index contributed by atoms with van der Waals surface area (Å²) in [5, 5.41) is 2.83. The van der Waals surface area contributed by atoms with Gasteiger partial charge in [0.05, 0.1) is 19.0 Å². The molecule has 60 heavy (non-hydrogen) atoms. The molecule has 1 N–H and O–H groups in total. The summed E-state index contributed by atoms with van der Waals surface area (Å²) in [5.41, 5.74) is 5.26. The highest BCUT2D eigenvalue weighted by Gasteiger charge is 2.47. The second-order valence-corrected chi connectivity index (χ2v) is 28.2. The first kappa shape index (κ1) is 44.8. The highest BCUT2D eigenvalue weighted by Crippen LogP contribution is 2.43. The summed E-state index contributed by atoms with van der Waals surface area (Å²) >= 11 is 0. The first-order valence-electron chi connectivity index (χ1n) is 20.7. The van der Waals surface area contributed by atoms with Crippen molar-refractivity contribution in [3.05, 3.63) is 114 Å². The van der Waals surface area contributed by atoms with E-state index in [2.05, 4.69) is 83.0 Å². The zero-order valence-electron chi connectivity index (χ0n) is 36.7. The molecule has 4 atom stereocenters. The predicted octanol–water partition coefficient (Wildman–Crippen LogP) is 9.77. The molecule has 1 amide bonds. The van der Waals surface area contributed by atoms with Crippen LogP contribution in [0.4, 0.5) is 4.79 Å². The van der Waals surface area contributed by atoms with E-state index < -0.39 is 34.7 Å². The van der Waals surface area contributed by atoms with Crippen molar-refractivity contribution in [3.63, 3.8) is 0 Å². The number of ether oxygens (including phenoxy) is 3. The number of amides is 1. The van der Waals surface area contributed by atoms with E-state index in [4.69, 9.17) is 28.0 Å². The van der Waals surface area contributed by atoms with Gasteiger partial charge in [-0.25, -0.2) is 24.5 Å². The highest BCUT2D eigenvalue weighted by atomic mass is 28.4. The molecule has 0 aliphatic carbocycles. The standard InChI is InChI=1S/C46H61N5O7Si2/c1-45(2,3)59(7,8)56-29-38-37(58-60(9,10)46(4,5)6)26-39(57-38)51-31-49-41-40(47-30-48-42(41)51)35-23-21-32(22-24-35)25-36(43(52)54-27-33-17-13-11-14-18-33)50-44(53)55-28-34-19-15-12-16-20-34/h11-24,30-31,36-39H,25-29H2,1-10H3,(H,50,53)/t36-,37+,38-,39-/m1/s1. The molecule has 14 heteroatoms. The van der Waals surface area contributed by atoms with Crippen LogP contribution in [0.25, 0.3) is 22.4 Å². The smallest absolute Gasteiger partial charge is 0.408 e. The lowest BCUT2D eigenvalue weighted by molar-refractivity contribution is -0.147. The zero-order chi connectivity index (χ0) is 43.3. The third-order valence-electron chi connectivity index (χ3n) is 12.2. The van der Waals surface area contributed by atoms with Crippen molar-refractivity contribution in [2.24, 2.45) is 0 Å². The molecule has 320 valence electrons. The summed E-state index contributed by atoms with van der Waals surface area (Å²) in [6.45, 7) is 23.2. The molecule has 1 aliphatic rings. The van der Waals surface area contributed by atoms with Gasteiger partial charge in [-0.05, 0) is 53.0 Å². The van der Waals surface area contributed by atoms with Gasteiger partial charge in [-0.15, -0.1) is 0 Å². The van der Waals surface area contributed by atoms with E-state index in [1.807, 2.05) is 89.5 Å². The highest BCUT2D eigenvalue weighted by molar-refractivity contribution is 6.74. The summed E-state index contributed by atoms with van der Waals surface area (Å²) in [7, 11) is -4.18. The molecule has 1 saturated heterocycles. The number of rotatable bonds is 15. The molecule has 0 bridgehead atoms. The van der Waals surface area contributed by atoms with Gasteiger partial charge in [-0.1, -0.05) is 126 Å². The van der Waals surface area contributed by atoms with Crippen LogP contribution in [0.5, 0.6) is 0 Å². The summed E-state index contributed by atoms with van der Waals surface area (Å²) in [4.78, 5) is 40.5. The number of hydrogen-bond donors (Lipinski definition) is 1. The number of nitrogens with one attached hydrogen (secondary N) is 1. The Balaban J connectivity index is 1.19. The van der Waals surface area contributed by atoms with Crippen molar-refractivity contribution >= 4 is 39.9 Å². The van der Waals surface area contributed by atoms with Gasteiger partial charge in [-0.3, -0.25) is 4.57 Å². The summed E-state index contributed by atoms with van der Waals surface area (Å²) in [6.07, 6.45) is 2.68. The molecule has 12 nitrogen and oxygen atoms in total. The number of nitrogens with zero attached hydrogens (tertiary/aromatic N) is 4. The van der Waals surface area contributed by atoms with Gasteiger partial charge < -0.3 is 28.4 Å². The van der Waals surface area contributed by atoms with Crippen molar-refractivity contribution in [1.29, 1.82) is 0 Å². The SMILES string of the molecule is CC(C)(C)[Si](C)(C)OC[C@H]1O[C@@H](n2cnc3c(-c4ccc(C[C@@H](NC(=O)OCc5ccccc5)C(=O)OCc5ccccc5)cc4)ncnc32)C[C@@H]1O[Si](C)(C)C(C)(C)C. The molecule has 3 heterocycles. The van der Waals surface area contributed by atoms with Gasteiger partial charge in [0.15, 0.2) is 22.3 Å². The number of carbonyl (C=O) groups excluding carboxylic acids is 2. The fourth-order valence-electron chi connectivity index (χ4n) is 6.45. The van der Waals surface area contributed by atoms with Gasteiger partial charge in [0.25, 0.3) is 0 Å². The molecule has 3 aromatic carbocycles. The van der Waals surface area contributed by atoms with Crippen molar-refractivity contribution < 1.29 is 32.7 Å². The molecule has 0 saturated carbocycles. The topological polar surface area (TPSA) is 136 Å². The van der Waals surface area contributed by atoms with Crippen LogP contribution in [0.15, 0.2) is 97.6 Å². The van der Waals surface area contributed by atoms with E-state index in [-0.39, 0.29) is 48.1 Å². The Labute approximate surface area is 356 Å². The third kappa shape index (κ3) is 11.0. The van der Waals surface area contributed by atoms with Crippen LogP contribution in [0.3, 0.4) is 0 Å². The summed E-state index contributed by atoms with van der Waals surface area (Å²) in [5.74, 6) is -0.567. The number of imidazole rings is 1. The Kier molecular flexibility index (Phi) is 13.8.